The molecule has 0 unspecified atom stereocenters. The second-order valence-electron chi connectivity index (χ2n) is 5.19. The number of hydrogen-bond donors (Lipinski definition) is 1. The van der Waals surface area contributed by atoms with Gasteiger partial charge in [0.15, 0.2) is 0 Å². The minimum absolute atomic E-state index is 0.0686. The highest BCUT2D eigenvalue weighted by molar-refractivity contribution is 6.42. The minimum Gasteiger partial charge on any atom is -0.356 e. The van der Waals surface area contributed by atoms with E-state index in [1.807, 2.05) is 30.3 Å². The molecule has 2 aromatic carbocycles. The molecule has 0 spiro atoms. The van der Waals surface area contributed by atoms with Crippen molar-refractivity contribution < 1.29 is 4.79 Å². The van der Waals surface area contributed by atoms with Crippen molar-refractivity contribution in [3.8, 4) is 0 Å². The predicted molar refractivity (Wildman–Crippen MR) is 92.6 cm³/mol. The summed E-state index contributed by atoms with van der Waals surface area (Å²) in [4.78, 5) is 11.8. The number of amides is 1. The zero-order chi connectivity index (χ0) is 15.8. The lowest BCUT2D eigenvalue weighted by Crippen LogP contribution is -2.24. The lowest BCUT2D eigenvalue weighted by Gasteiger charge is -2.06. The van der Waals surface area contributed by atoms with Crippen LogP contribution < -0.4 is 5.32 Å². The molecule has 0 heterocycles. The van der Waals surface area contributed by atoms with Crippen molar-refractivity contribution >= 4 is 29.1 Å². The molecule has 0 atom stereocenters. The molecule has 2 nitrogen and oxygen atoms in total. The number of hydrogen-bond acceptors (Lipinski definition) is 1. The fourth-order valence-corrected chi connectivity index (χ4v) is 2.53. The highest BCUT2D eigenvalue weighted by Crippen LogP contribution is 2.23. The largest absolute Gasteiger partial charge is 0.356 e. The Hall–Kier alpha value is -1.51. The third-order valence-electron chi connectivity index (χ3n) is 3.43. The van der Waals surface area contributed by atoms with Crippen molar-refractivity contribution in [1.29, 1.82) is 0 Å². The average Bonchev–Trinajstić information content (AvgIpc) is 2.54. The molecule has 4 heteroatoms. The molecule has 0 saturated carbocycles. The fourth-order valence-electron chi connectivity index (χ4n) is 2.21. The van der Waals surface area contributed by atoms with Gasteiger partial charge in [-0.2, -0.15) is 0 Å². The maximum atomic E-state index is 11.8. The van der Waals surface area contributed by atoms with Crippen LogP contribution in [-0.2, 0) is 17.6 Å². The Morgan fingerprint density at radius 3 is 2.41 bits per heavy atom. The lowest BCUT2D eigenvalue weighted by molar-refractivity contribution is -0.121. The van der Waals surface area contributed by atoms with Crippen LogP contribution in [0.3, 0.4) is 0 Å². The van der Waals surface area contributed by atoms with Crippen molar-refractivity contribution in [3.63, 3.8) is 0 Å². The monoisotopic (exact) mass is 335 g/mol. The first-order valence-corrected chi connectivity index (χ1v) is 8.15. The number of rotatable bonds is 7. The Morgan fingerprint density at radius 2 is 1.68 bits per heavy atom. The Labute approximate surface area is 141 Å². The average molecular weight is 336 g/mol. The van der Waals surface area contributed by atoms with Crippen LogP contribution in [0.1, 0.15) is 24.0 Å². The summed E-state index contributed by atoms with van der Waals surface area (Å²) < 4.78 is 0. The third-order valence-corrected chi connectivity index (χ3v) is 4.17. The van der Waals surface area contributed by atoms with E-state index in [0.717, 1.165) is 18.4 Å². The molecule has 1 amide bonds. The molecule has 1 N–H and O–H groups in total. The first-order valence-electron chi connectivity index (χ1n) is 7.40. The number of benzene rings is 2. The zero-order valence-corrected chi connectivity index (χ0v) is 13.8. The topological polar surface area (TPSA) is 29.1 Å². The molecule has 0 radical (unpaired) electrons. The Bertz CT molecular complexity index is 614. The van der Waals surface area contributed by atoms with Gasteiger partial charge in [0, 0.05) is 13.0 Å². The van der Waals surface area contributed by atoms with E-state index in [-0.39, 0.29) is 5.91 Å². The molecule has 2 rings (SSSR count). The molecule has 0 aromatic heterocycles. The Balaban J connectivity index is 1.64. The molecule has 0 fully saturated rings. The van der Waals surface area contributed by atoms with E-state index in [2.05, 4.69) is 17.4 Å². The number of halogens is 2. The SMILES string of the molecule is O=C(CCc1ccc(Cl)c(Cl)c1)NCCCc1ccccc1. The molecule has 0 aliphatic carbocycles. The van der Waals surface area contributed by atoms with E-state index >= 15 is 0 Å². The fraction of sp³-hybridized carbons (Fsp3) is 0.278. The summed E-state index contributed by atoms with van der Waals surface area (Å²) in [6.07, 6.45) is 3.06. The molecule has 22 heavy (non-hydrogen) atoms. The normalized spacial score (nSPS) is 10.5. The van der Waals surface area contributed by atoms with Gasteiger partial charge in [-0.05, 0) is 42.5 Å². The molecule has 116 valence electrons. The van der Waals surface area contributed by atoms with Crippen LogP contribution in [0.15, 0.2) is 48.5 Å². The maximum Gasteiger partial charge on any atom is 0.220 e. The molecule has 0 saturated heterocycles. The standard InChI is InChI=1S/C18H19Cl2NO/c19-16-10-8-15(13-17(16)20)9-11-18(22)21-12-4-7-14-5-2-1-3-6-14/h1-3,5-6,8,10,13H,4,7,9,11-12H2,(H,21,22). The molecule has 0 aliphatic heterocycles. The van der Waals surface area contributed by atoms with Gasteiger partial charge in [0.2, 0.25) is 5.91 Å². The van der Waals surface area contributed by atoms with Crippen molar-refractivity contribution in [2.24, 2.45) is 0 Å². The van der Waals surface area contributed by atoms with Crippen LogP contribution >= 0.6 is 23.2 Å². The van der Waals surface area contributed by atoms with Gasteiger partial charge >= 0.3 is 0 Å². The highest BCUT2D eigenvalue weighted by atomic mass is 35.5. The zero-order valence-electron chi connectivity index (χ0n) is 12.3. The van der Waals surface area contributed by atoms with E-state index in [0.29, 0.717) is 29.4 Å². The number of carbonyl (C=O) groups is 1. The van der Waals surface area contributed by atoms with Gasteiger partial charge in [0.25, 0.3) is 0 Å². The van der Waals surface area contributed by atoms with Gasteiger partial charge in [-0.3, -0.25) is 4.79 Å². The van der Waals surface area contributed by atoms with Crippen LogP contribution in [0.25, 0.3) is 0 Å². The molecular weight excluding hydrogens is 317 g/mol. The van der Waals surface area contributed by atoms with Gasteiger partial charge in [-0.25, -0.2) is 0 Å². The lowest BCUT2D eigenvalue weighted by atomic mass is 10.1. The molecule has 0 bridgehead atoms. The van der Waals surface area contributed by atoms with Gasteiger partial charge in [-0.15, -0.1) is 0 Å². The van der Waals surface area contributed by atoms with Crippen LogP contribution in [0, 0.1) is 0 Å². The van der Waals surface area contributed by atoms with Gasteiger partial charge in [0.1, 0.15) is 0 Å². The van der Waals surface area contributed by atoms with Crippen molar-refractivity contribution in [2.45, 2.75) is 25.7 Å². The van der Waals surface area contributed by atoms with Crippen LogP contribution in [0.5, 0.6) is 0 Å². The summed E-state index contributed by atoms with van der Waals surface area (Å²) in [5.74, 6) is 0.0686. The smallest absolute Gasteiger partial charge is 0.220 e. The van der Waals surface area contributed by atoms with E-state index in [1.165, 1.54) is 5.56 Å². The van der Waals surface area contributed by atoms with Crippen LogP contribution in [0.2, 0.25) is 10.0 Å². The third kappa shape index (κ3) is 5.70. The first kappa shape index (κ1) is 16.9. The van der Waals surface area contributed by atoms with E-state index in [1.54, 1.807) is 6.07 Å². The molecular formula is C18H19Cl2NO. The molecule has 2 aromatic rings. The maximum absolute atomic E-state index is 11.8. The van der Waals surface area contributed by atoms with Crippen molar-refractivity contribution in [2.75, 3.05) is 6.54 Å². The number of carbonyl (C=O) groups excluding carboxylic acids is 1. The predicted octanol–water partition coefficient (Wildman–Crippen LogP) is 4.68. The van der Waals surface area contributed by atoms with Crippen molar-refractivity contribution in [3.05, 3.63) is 69.7 Å². The number of nitrogens with one attached hydrogen (secondary N) is 1. The van der Waals surface area contributed by atoms with E-state index in [9.17, 15) is 4.79 Å². The van der Waals surface area contributed by atoms with Gasteiger partial charge < -0.3 is 5.32 Å². The molecule has 0 aliphatic rings. The second-order valence-corrected chi connectivity index (χ2v) is 6.00. The quantitative estimate of drug-likeness (QED) is 0.731. The Kier molecular flexibility index (Phi) is 6.75. The Morgan fingerprint density at radius 1 is 0.909 bits per heavy atom. The summed E-state index contributed by atoms with van der Waals surface area (Å²) in [5, 5.41) is 4.02. The highest BCUT2D eigenvalue weighted by Gasteiger charge is 2.04. The second kappa shape index (κ2) is 8.82. The summed E-state index contributed by atoms with van der Waals surface area (Å²) in [6.45, 7) is 0.703. The summed E-state index contributed by atoms with van der Waals surface area (Å²) >= 11 is 11.8. The first-order chi connectivity index (χ1) is 10.6. The van der Waals surface area contributed by atoms with Crippen molar-refractivity contribution in [1.82, 2.24) is 5.32 Å². The van der Waals surface area contributed by atoms with Crippen LogP contribution in [0.4, 0.5) is 0 Å². The number of aryl methyl sites for hydroxylation is 2. The van der Waals surface area contributed by atoms with Gasteiger partial charge in [-0.1, -0.05) is 59.6 Å². The summed E-state index contributed by atoms with van der Waals surface area (Å²) in [6, 6.07) is 15.8. The van der Waals surface area contributed by atoms with Crippen LogP contribution in [-0.4, -0.2) is 12.5 Å². The van der Waals surface area contributed by atoms with E-state index < -0.39 is 0 Å². The summed E-state index contributed by atoms with van der Waals surface area (Å²) in [7, 11) is 0. The van der Waals surface area contributed by atoms with E-state index in [4.69, 9.17) is 23.2 Å². The summed E-state index contributed by atoms with van der Waals surface area (Å²) in [5.41, 5.74) is 2.32. The minimum atomic E-state index is 0.0686. The van der Waals surface area contributed by atoms with Gasteiger partial charge in [0.05, 0.1) is 10.0 Å².